The maximum atomic E-state index is 12.4. The number of carbonyl (C=O) groups excluding carboxylic acids is 2. The van der Waals surface area contributed by atoms with Gasteiger partial charge in [0.25, 0.3) is 5.91 Å². The van der Waals surface area contributed by atoms with Gasteiger partial charge in [-0.25, -0.2) is 0 Å². The number of anilines is 2. The molecule has 0 radical (unpaired) electrons. The molecule has 0 unspecified atom stereocenters. The van der Waals surface area contributed by atoms with Crippen LogP contribution in [-0.2, 0) is 16.0 Å². The zero-order valence-electron chi connectivity index (χ0n) is 13.9. The number of carbonyl (C=O) groups is 2. The monoisotopic (exact) mass is 380 g/mol. The first-order valence-electron chi connectivity index (χ1n) is 8.00. The van der Waals surface area contributed by atoms with Crippen LogP contribution in [0, 0.1) is 0 Å². The van der Waals surface area contributed by atoms with E-state index < -0.39 is 24.6 Å². The van der Waals surface area contributed by atoms with E-state index in [2.05, 4.69) is 15.4 Å². The van der Waals surface area contributed by atoms with Crippen LogP contribution in [0.3, 0.4) is 0 Å². The first-order chi connectivity index (χ1) is 12.8. The molecule has 0 aromatic heterocycles. The standard InChI is InChI=1S/C18H15F3N2O4/c19-18(20,21)27-15-4-2-1-3-14(15)23-17(25)10-26-12-6-7-13-11(9-12)5-8-16(24)22-13/h1-4,6-7,9H,5,8,10H2,(H,22,24)(H,23,25). The van der Waals surface area contributed by atoms with Gasteiger partial charge in [-0.05, 0) is 42.3 Å². The van der Waals surface area contributed by atoms with E-state index in [1.807, 2.05) is 0 Å². The molecule has 27 heavy (non-hydrogen) atoms. The smallest absolute Gasteiger partial charge is 0.484 e. The highest BCUT2D eigenvalue weighted by Crippen LogP contribution is 2.30. The Bertz CT molecular complexity index is 868. The van der Waals surface area contributed by atoms with Gasteiger partial charge in [-0.1, -0.05) is 12.1 Å². The van der Waals surface area contributed by atoms with E-state index in [0.29, 0.717) is 24.3 Å². The van der Waals surface area contributed by atoms with E-state index in [4.69, 9.17) is 4.74 Å². The summed E-state index contributed by atoms with van der Waals surface area (Å²) >= 11 is 0. The highest BCUT2D eigenvalue weighted by atomic mass is 19.4. The molecule has 0 atom stereocenters. The van der Waals surface area contributed by atoms with Gasteiger partial charge in [0.2, 0.25) is 5.91 Å². The van der Waals surface area contributed by atoms with Gasteiger partial charge >= 0.3 is 6.36 Å². The third-order valence-electron chi connectivity index (χ3n) is 3.73. The summed E-state index contributed by atoms with van der Waals surface area (Å²) in [7, 11) is 0. The van der Waals surface area contributed by atoms with Gasteiger partial charge in [0.05, 0.1) is 5.69 Å². The number of halogens is 3. The average Bonchev–Trinajstić information content (AvgIpc) is 2.60. The van der Waals surface area contributed by atoms with Gasteiger partial charge in [0.15, 0.2) is 12.4 Å². The number of ether oxygens (including phenoxy) is 2. The zero-order valence-corrected chi connectivity index (χ0v) is 13.9. The van der Waals surface area contributed by atoms with E-state index in [1.165, 1.54) is 18.2 Å². The largest absolute Gasteiger partial charge is 0.573 e. The van der Waals surface area contributed by atoms with Crippen molar-refractivity contribution in [2.45, 2.75) is 19.2 Å². The number of rotatable bonds is 5. The number of hydrogen-bond donors (Lipinski definition) is 2. The van der Waals surface area contributed by atoms with Gasteiger partial charge in [-0.15, -0.1) is 13.2 Å². The maximum absolute atomic E-state index is 12.4. The Balaban J connectivity index is 1.60. The number of fused-ring (bicyclic) bond motifs is 1. The lowest BCUT2D eigenvalue weighted by Gasteiger charge is -2.18. The van der Waals surface area contributed by atoms with Crippen LogP contribution in [0.15, 0.2) is 42.5 Å². The molecule has 1 aliphatic rings. The van der Waals surface area contributed by atoms with E-state index in [0.717, 1.165) is 11.6 Å². The first-order valence-corrected chi connectivity index (χ1v) is 8.00. The second-order valence-corrected chi connectivity index (χ2v) is 5.75. The minimum atomic E-state index is -4.87. The van der Waals surface area contributed by atoms with Crippen molar-refractivity contribution in [3.8, 4) is 11.5 Å². The number of hydrogen-bond acceptors (Lipinski definition) is 4. The number of nitrogens with one attached hydrogen (secondary N) is 2. The Morgan fingerprint density at radius 2 is 1.93 bits per heavy atom. The molecule has 1 aliphatic heterocycles. The molecule has 0 fully saturated rings. The minimum absolute atomic E-state index is 0.0599. The van der Waals surface area contributed by atoms with Crippen molar-refractivity contribution in [2.24, 2.45) is 0 Å². The van der Waals surface area contributed by atoms with Crippen molar-refractivity contribution in [1.29, 1.82) is 0 Å². The lowest BCUT2D eigenvalue weighted by Crippen LogP contribution is -2.23. The molecule has 2 amide bonds. The SMILES string of the molecule is O=C1CCc2cc(OCC(=O)Nc3ccccc3OC(F)(F)F)ccc2N1. The van der Waals surface area contributed by atoms with Gasteiger partial charge in [-0.3, -0.25) is 9.59 Å². The average molecular weight is 380 g/mol. The molecule has 0 saturated carbocycles. The molecule has 0 spiro atoms. The fraction of sp³-hybridized carbons (Fsp3) is 0.222. The van der Waals surface area contributed by atoms with Crippen LogP contribution in [0.1, 0.15) is 12.0 Å². The van der Waals surface area contributed by atoms with Gasteiger partial charge < -0.3 is 20.1 Å². The summed E-state index contributed by atoms with van der Waals surface area (Å²) in [5.74, 6) is -0.794. The van der Waals surface area contributed by atoms with Gasteiger partial charge in [0, 0.05) is 12.1 Å². The van der Waals surface area contributed by atoms with Crippen molar-refractivity contribution in [2.75, 3.05) is 17.2 Å². The van der Waals surface area contributed by atoms with Crippen molar-refractivity contribution in [3.63, 3.8) is 0 Å². The van der Waals surface area contributed by atoms with Gasteiger partial charge in [0.1, 0.15) is 5.75 Å². The second kappa shape index (κ2) is 7.56. The molecular weight excluding hydrogens is 365 g/mol. The van der Waals surface area contributed by atoms with Crippen LogP contribution in [0.5, 0.6) is 11.5 Å². The Labute approximate surface area is 152 Å². The summed E-state index contributed by atoms with van der Waals surface area (Å²) in [6.45, 7) is -0.397. The molecule has 1 heterocycles. The molecule has 0 aliphatic carbocycles. The molecule has 0 saturated heterocycles. The third kappa shape index (κ3) is 5.13. The van der Waals surface area contributed by atoms with Crippen LogP contribution in [0.4, 0.5) is 24.5 Å². The van der Waals surface area contributed by atoms with E-state index in [-0.39, 0.29) is 11.6 Å². The van der Waals surface area contributed by atoms with E-state index >= 15 is 0 Å². The van der Waals surface area contributed by atoms with Crippen molar-refractivity contribution < 1.29 is 32.2 Å². The molecular formula is C18H15F3N2O4. The summed E-state index contributed by atoms with van der Waals surface area (Å²) in [6, 6.07) is 10.2. The Morgan fingerprint density at radius 3 is 2.70 bits per heavy atom. The van der Waals surface area contributed by atoms with Crippen molar-refractivity contribution in [1.82, 2.24) is 0 Å². The van der Waals surface area contributed by atoms with Crippen LogP contribution in [-0.4, -0.2) is 24.8 Å². The lowest BCUT2D eigenvalue weighted by atomic mass is 10.0. The van der Waals surface area contributed by atoms with Crippen LogP contribution in [0.25, 0.3) is 0 Å². The Morgan fingerprint density at radius 1 is 1.15 bits per heavy atom. The zero-order chi connectivity index (χ0) is 19.4. The maximum Gasteiger partial charge on any atom is 0.573 e. The highest BCUT2D eigenvalue weighted by molar-refractivity contribution is 5.94. The Hall–Kier alpha value is -3.23. The molecule has 2 aromatic carbocycles. The normalized spacial score (nSPS) is 13.4. The summed E-state index contributed by atoms with van der Waals surface area (Å²) in [5, 5.41) is 5.06. The predicted octanol–water partition coefficient (Wildman–Crippen LogP) is 3.49. The third-order valence-corrected chi connectivity index (χ3v) is 3.73. The van der Waals surface area contributed by atoms with Crippen molar-refractivity contribution in [3.05, 3.63) is 48.0 Å². The molecule has 3 rings (SSSR count). The van der Waals surface area contributed by atoms with Crippen molar-refractivity contribution >= 4 is 23.2 Å². The quantitative estimate of drug-likeness (QED) is 0.833. The topological polar surface area (TPSA) is 76.7 Å². The van der Waals surface area contributed by atoms with E-state index in [9.17, 15) is 22.8 Å². The fourth-order valence-corrected chi connectivity index (χ4v) is 2.57. The highest BCUT2D eigenvalue weighted by Gasteiger charge is 2.32. The number of aryl methyl sites for hydroxylation is 1. The number of para-hydroxylation sites is 2. The summed E-state index contributed by atoms with van der Waals surface area (Å²) in [6.07, 6.45) is -3.93. The first kappa shape index (κ1) is 18.6. The van der Waals surface area contributed by atoms with Gasteiger partial charge in [-0.2, -0.15) is 0 Å². The molecule has 142 valence electrons. The number of alkyl halides is 3. The summed E-state index contributed by atoms with van der Waals surface area (Å²) in [5.41, 5.74) is 1.47. The predicted molar refractivity (Wildman–Crippen MR) is 90.6 cm³/mol. The Kier molecular flexibility index (Phi) is 5.20. The molecule has 9 heteroatoms. The van der Waals surface area contributed by atoms with Crippen LogP contribution in [0.2, 0.25) is 0 Å². The summed E-state index contributed by atoms with van der Waals surface area (Å²) < 4.78 is 46.5. The minimum Gasteiger partial charge on any atom is -0.484 e. The van der Waals surface area contributed by atoms with Crippen LogP contribution < -0.4 is 20.1 Å². The molecule has 0 bridgehead atoms. The molecule has 2 N–H and O–H groups in total. The number of amides is 2. The lowest BCUT2D eigenvalue weighted by molar-refractivity contribution is -0.274. The van der Waals surface area contributed by atoms with E-state index in [1.54, 1.807) is 18.2 Å². The fourth-order valence-electron chi connectivity index (χ4n) is 2.57. The number of benzene rings is 2. The molecule has 6 nitrogen and oxygen atoms in total. The summed E-state index contributed by atoms with van der Waals surface area (Å²) in [4.78, 5) is 23.3. The molecule has 2 aromatic rings. The van der Waals surface area contributed by atoms with Crippen LogP contribution >= 0.6 is 0 Å². The second-order valence-electron chi connectivity index (χ2n) is 5.75.